The Balaban J connectivity index is 2.56. The van der Waals surface area contributed by atoms with Crippen LogP contribution in [0, 0.1) is 12.7 Å². The Hall–Kier alpha value is -1.95. The van der Waals surface area contributed by atoms with Crippen LogP contribution in [-0.2, 0) is 14.3 Å². The van der Waals surface area contributed by atoms with E-state index in [1.165, 1.54) is 25.3 Å². The number of benzene rings is 1. The van der Waals surface area contributed by atoms with E-state index in [0.717, 1.165) is 0 Å². The van der Waals surface area contributed by atoms with Crippen molar-refractivity contribution in [3.8, 4) is 0 Å². The number of hydrogen-bond acceptors (Lipinski definition) is 3. The van der Waals surface area contributed by atoms with Gasteiger partial charge in [-0.25, -0.2) is 4.39 Å². The van der Waals surface area contributed by atoms with Crippen LogP contribution in [0.2, 0.25) is 0 Å². The first-order chi connectivity index (χ1) is 8.54. The highest BCUT2D eigenvalue weighted by Gasteiger charge is 2.13. The lowest BCUT2D eigenvalue weighted by molar-refractivity contribution is -0.136. The molecule has 0 aromatic heterocycles. The molecule has 0 aliphatic heterocycles. The molecule has 1 aromatic carbocycles. The molecule has 2 N–H and O–H groups in total. The Bertz CT molecular complexity index is 449. The summed E-state index contributed by atoms with van der Waals surface area (Å²) in [4.78, 5) is 22.8. The highest BCUT2D eigenvalue weighted by Crippen LogP contribution is 2.15. The quantitative estimate of drug-likeness (QED) is 0.618. The molecule has 0 bridgehead atoms. The highest BCUT2D eigenvalue weighted by molar-refractivity contribution is 6.39. The van der Waals surface area contributed by atoms with Gasteiger partial charge in [0.1, 0.15) is 5.82 Å². The minimum Gasteiger partial charge on any atom is -0.383 e. The number of hydrogen-bond donors (Lipinski definition) is 2. The minimum absolute atomic E-state index is 0.255. The van der Waals surface area contributed by atoms with Gasteiger partial charge in [0, 0.05) is 19.3 Å². The molecule has 1 rings (SSSR count). The van der Waals surface area contributed by atoms with Crippen LogP contribution >= 0.6 is 0 Å². The lowest BCUT2D eigenvalue weighted by Crippen LogP contribution is -2.37. The van der Waals surface area contributed by atoms with Crippen LogP contribution in [0.3, 0.4) is 0 Å². The smallest absolute Gasteiger partial charge is 0.313 e. The fourth-order valence-corrected chi connectivity index (χ4v) is 1.29. The molecule has 0 radical (unpaired) electrons. The average molecular weight is 254 g/mol. The third kappa shape index (κ3) is 4.14. The Kier molecular flexibility index (Phi) is 5.26. The molecule has 5 nitrogen and oxygen atoms in total. The van der Waals surface area contributed by atoms with Crippen molar-refractivity contribution in [3.05, 3.63) is 29.6 Å². The molecule has 2 amide bonds. The second-order valence-corrected chi connectivity index (χ2v) is 3.66. The second-order valence-electron chi connectivity index (χ2n) is 3.66. The van der Waals surface area contributed by atoms with Gasteiger partial charge in [0.25, 0.3) is 0 Å². The zero-order chi connectivity index (χ0) is 13.5. The van der Waals surface area contributed by atoms with Crippen molar-refractivity contribution in [1.82, 2.24) is 5.32 Å². The monoisotopic (exact) mass is 254 g/mol. The van der Waals surface area contributed by atoms with Crippen molar-refractivity contribution in [2.24, 2.45) is 0 Å². The van der Waals surface area contributed by atoms with Crippen molar-refractivity contribution in [2.45, 2.75) is 6.92 Å². The normalized spacial score (nSPS) is 9.94. The van der Waals surface area contributed by atoms with Gasteiger partial charge in [-0.15, -0.1) is 0 Å². The lowest BCUT2D eigenvalue weighted by atomic mass is 10.2. The number of aryl methyl sites for hydroxylation is 1. The molecule has 0 aliphatic rings. The maximum Gasteiger partial charge on any atom is 0.313 e. The lowest BCUT2D eigenvalue weighted by Gasteiger charge is -2.08. The van der Waals surface area contributed by atoms with Crippen LogP contribution in [0.15, 0.2) is 18.2 Å². The minimum atomic E-state index is -0.791. The third-order valence-electron chi connectivity index (χ3n) is 2.23. The van der Waals surface area contributed by atoms with Crippen molar-refractivity contribution < 1.29 is 18.7 Å². The fourth-order valence-electron chi connectivity index (χ4n) is 1.29. The van der Waals surface area contributed by atoms with Gasteiger partial charge >= 0.3 is 11.8 Å². The van der Waals surface area contributed by atoms with E-state index in [1.54, 1.807) is 6.92 Å². The molecule has 6 heteroatoms. The Labute approximate surface area is 104 Å². The van der Waals surface area contributed by atoms with Crippen LogP contribution < -0.4 is 10.6 Å². The first-order valence-electron chi connectivity index (χ1n) is 5.39. The average Bonchev–Trinajstić information content (AvgIpc) is 2.32. The van der Waals surface area contributed by atoms with Crippen LogP contribution in [0.5, 0.6) is 0 Å². The molecular weight excluding hydrogens is 239 g/mol. The van der Waals surface area contributed by atoms with Crippen molar-refractivity contribution >= 4 is 17.5 Å². The van der Waals surface area contributed by atoms with Gasteiger partial charge in [-0.2, -0.15) is 0 Å². The summed E-state index contributed by atoms with van der Waals surface area (Å²) in [7, 11) is 1.49. The zero-order valence-corrected chi connectivity index (χ0v) is 10.2. The number of rotatable bonds is 4. The largest absolute Gasteiger partial charge is 0.383 e. The maximum absolute atomic E-state index is 12.8. The topological polar surface area (TPSA) is 67.4 Å². The predicted octanol–water partition coefficient (Wildman–Crippen LogP) is 0.835. The SMILES string of the molecule is COCCNC(=O)C(=O)Nc1ccc(F)cc1C. The molecule has 0 aliphatic carbocycles. The molecule has 18 heavy (non-hydrogen) atoms. The summed E-state index contributed by atoms with van der Waals surface area (Å²) in [5.41, 5.74) is 0.955. The van der Waals surface area contributed by atoms with Gasteiger partial charge in [0.05, 0.1) is 6.61 Å². The summed E-state index contributed by atoms with van der Waals surface area (Å²) in [5.74, 6) is -1.94. The molecule has 1 aromatic rings. The van der Waals surface area contributed by atoms with E-state index in [0.29, 0.717) is 17.9 Å². The zero-order valence-electron chi connectivity index (χ0n) is 10.2. The highest BCUT2D eigenvalue weighted by atomic mass is 19.1. The van der Waals surface area contributed by atoms with E-state index in [2.05, 4.69) is 10.6 Å². The van der Waals surface area contributed by atoms with Crippen LogP contribution in [-0.4, -0.2) is 32.1 Å². The summed E-state index contributed by atoms with van der Waals surface area (Å²) in [6.07, 6.45) is 0. The molecule has 98 valence electrons. The Morgan fingerprint density at radius 3 is 2.67 bits per heavy atom. The Morgan fingerprint density at radius 2 is 2.06 bits per heavy atom. The number of halogens is 1. The first-order valence-corrected chi connectivity index (χ1v) is 5.39. The maximum atomic E-state index is 12.8. The van der Waals surface area contributed by atoms with E-state index in [9.17, 15) is 14.0 Å². The number of carbonyl (C=O) groups is 2. The van der Waals surface area contributed by atoms with Crippen molar-refractivity contribution in [2.75, 3.05) is 25.6 Å². The van der Waals surface area contributed by atoms with Crippen molar-refractivity contribution in [1.29, 1.82) is 0 Å². The molecular formula is C12H15FN2O3. The van der Waals surface area contributed by atoms with Crippen LogP contribution in [0.25, 0.3) is 0 Å². The summed E-state index contributed by atoms with van der Waals surface area (Å²) in [6, 6.07) is 3.90. The number of carbonyl (C=O) groups excluding carboxylic acids is 2. The predicted molar refractivity (Wildman–Crippen MR) is 64.7 cm³/mol. The first kappa shape index (κ1) is 14.1. The number of anilines is 1. The molecule has 0 saturated carbocycles. The van der Waals surface area contributed by atoms with E-state index >= 15 is 0 Å². The standard InChI is InChI=1S/C12H15FN2O3/c1-8-7-9(13)3-4-10(8)15-12(17)11(16)14-5-6-18-2/h3-4,7H,5-6H2,1-2H3,(H,14,16)(H,15,17). The molecule has 0 saturated heterocycles. The summed E-state index contributed by atoms with van der Waals surface area (Å²) >= 11 is 0. The van der Waals surface area contributed by atoms with E-state index < -0.39 is 17.6 Å². The molecule has 0 heterocycles. The van der Waals surface area contributed by atoms with Gasteiger partial charge in [0.2, 0.25) is 0 Å². The van der Waals surface area contributed by atoms with Gasteiger partial charge in [-0.1, -0.05) is 0 Å². The summed E-state index contributed by atoms with van der Waals surface area (Å²) < 4.78 is 17.6. The van der Waals surface area contributed by atoms with Crippen LogP contribution in [0.4, 0.5) is 10.1 Å². The van der Waals surface area contributed by atoms with E-state index in [4.69, 9.17) is 4.74 Å². The molecule has 0 atom stereocenters. The Morgan fingerprint density at radius 1 is 1.33 bits per heavy atom. The number of amides is 2. The fraction of sp³-hybridized carbons (Fsp3) is 0.333. The van der Waals surface area contributed by atoms with Gasteiger partial charge in [0.15, 0.2) is 0 Å². The second kappa shape index (κ2) is 6.70. The van der Waals surface area contributed by atoms with Crippen LogP contribution in [0.1, 0.15) is 5.56 Å². The van der Waals surface area contributed by atoms with Gasteiger partial charge < -0.3 is 15.4 Å². The van der Waals surface area contributed by atoms with E-state index in [-0.39, 0.29) is 6.54 Å². The summed E-state index contributed by atoms with van der Waals surface area (Å²) in [5, 5.41) is 4.79. The third-order valence-corrected chi connectivity index (χ3v) is 2.23. The molecule has 0 spiro atoms. The number of ether oxygens (including phenoxy) is 1. The van der Waals surface area contributed by atoms with Crippen molar-refractivity contribution in [3.63, 3.8) is 0 Å². The van der Waals surface area contributed by atoms with Gasteiger partial charge in [-0.3, -0.25) is 9.59 Å². The van der Waals surface area contributed by atoms with E-state index in [1.807, 2.05) is 0 Å². The molecule has 0 unspecified atom stereocenters. The molecule has 0 fully saturated rings. The summed E-state index contributed by atoms with van der Waals surface area (Å²) in [6.45, 7) is 2.22. The number of methoxy groups -OCH3 is 1. The number of nitrogens with one attached hydrogen (secondary N) is 2. The van der Waals surface area contributed by atoms with Gasteiger partial charge in [-0.05, 0) is 30.7 Å².